The summed E-state index contributed by atoms with van der Waals surface area (Å²) in [6, 6.07) is 4.29. The molecule has 0 unspecified atom stereocenters. The third-order valence-electron chi connectivity index (χ3n) is 3.17. The van der Waals surface area contributed by atoms with Crippen molar-refractivity contribution in [2.24, 2.45) is 5.10 Å². The molecule has 0 spiro atoms. The maximum Gasteiger partial charge on any atom is 0.433 e. The van der Waals surface area contributed by atoms with Gasteiger partial charge >= 0.3 is 17.9 Å². The Balaban J connectivity index is 0.000000209. The molecule has 1 aliphatic heterocycles. The molecule has 0 radical (unpaired) electrons. The number of nitrogens with zero attached hydrogens (tertiary/aromatic N) is 3. The Morgan fingerprint density at radius 3 is 2.36 bits per heavy atom. The molecule has 4 N–H and O–H groups in total. The lowest BCUT2D eigenvalue weighted by molar-refractivity contribution is -0.402. The van der Waals surface area contributed by atoms with Gasteiger partial charge in [0.15, 0.2) is 23.0 Å². The normalized spacial score (nSPS) is 13.1. The van der Waals surface area contributed by atoms with Gasteiger partial charge in [-0.25, -0.2) is 9.59 Å². The van der Waals surface area contributed by atoms with Gasteiger partial charge in [0.25, 0.3) is 0 Å². The maximum atomic E-state index is 11.0. The van der Waals surface area contributed by atoms with Gasteiger partial charge in [0.05, 0.1) is 24.4 Å². The molecule has 148 valence electrons. The van der Waals surface area contributed by atoms with E-state index < -0.39 is 34.2 Å². The second-order valence-electron chi connectivity index (χ2n) is 5.08. The molecule has 3 rings (SSSR count). The number of carbonyl (C=O) groups is 2. The largest absolute Gasteiger partial charge is 0.504 e. The number of benzene rings is 1. The number of phenolic OH excluding ortho intramolecular Hbond substituents is 3. The summed E-state index contributed by atoms with van der Waals surface area (Å²) in [6.07, 6.45) is 0.678. The van der Waals surface area contributed by atoms with Crippen LogP contribution in [0.25, 0.3) is 0 Å². The second-order valence-corrected chi connectivity index (χ2v) is 5.08. The highest BCUT2D eigenvalue weighted by Crippen LogP contribution is 2.35. The summed E-state index contributed by atoms with van der Waals surface area (Å²) in [6.45, 7) is 0.645. The first-order chi connectivity index (χ1) is 13.2. The molecule has 1 aliphatic rings. The van der Waals surface area contributed by atoms with Gasteiger partial charge < -0.3 is 29.6 Å². The van der Waals surface area contributed by atoms with Gasteiger partial charge in [-0.2, -0.15) is 10.1 Å². The first-order valence-corrected chi connectivity index (χ1v) is 7.39. The van der Waals surface area contributed by atoms with Crippen LogP contribution < -0.4 is 0 Å². The Labute approximate surface area is 155 Å². The zero-order valence-electron chi connectivity index (χ0n) is 13.9. The first-order valence-electron chi connectivity index (χ1n) is 7.39. The standard InChI is InChI=1S/C8H7N3O5.C7H6O5/c12-8-10(3-4-15-8)9-5-6-1-2-7(16-6)11(13)14;8-4-1-3(7(11)12)2-5(9)6(4)10/h1-2,5H,3-4H2;1-2,8-10H,(H,11,12). The minimum Gasteiger partial charge on any atom is -0.504 e. The lowest BCUT2D eigenvalue weighted by Crippen LogP contribution is -2.17. The molecule has 0 aliphatic carbocycles. The van der Waals surface area contributed by atoms with Crippen molar-refractivity contribution >= 4 is 24.2 Å². The summed E-state index contributed by atoms with van der Waals surface area (Å²) in [5.41, 5.74) is -0.289. The van der Waals surface area contributed by atoms with E-state index in [-0.39, 0.29) is 23.8 Å². The number of aromatic hydroxyl groups is 3. The molecule has 2 aromatic rings. The van der Waals surface area contributed by atoms with Crippen LogP contribution in [0.2, 0.25) is 0 Å². The minimum atomic E-state index is -1.29. The van der Waals surface area contributed by atoms with Crippen LogP contribution in [0.5, 0.6) is 17.2 Å². The minimum absolute atomic E-state index is 0.200. The summed E-state index contributed by atoms with van der Waals surface area (Å²) >= 11 is 0. The highest BCUT2D eigenvalue weighted by molar-refractivity contribution is 5.89. The molecule has 1 aromatic heterocycles. The highest BCUT2D eigenvalue weighted by Gasteiger charge is 2.21. The number of carbonyl (C=O) groups excluding carboxylic acids is 1. The number of phenols is 3. The van der Waals surface area contributed by atoms with E-state index in [1.165, 1.54) is 18.3 Å². The summed E-state index contributed by atoms with van der Waals surface area (Å²) in [4.78, 5) is 30.9. The zero-order chi connectivity index (χ0) is 20.8. The number of hydrazone groups is 1. The average molecular weight is 395 g/mol. The molecule has 13 heteroatoms. The van der Waals surface area contributed by atoms with E-state index in [0.29, 0.717) is 6.54 Å². The Hall–Kier alpha value is -4.29. The van der Waals surface area contributed by atoms with Crippen LogP contribution in [0.15, 0.2) is 33.8 Å². The fourth-order valence-electron chi connectivity index (χ4n) is 1.85. The highest BCUT2D eigenvalue weighted by atomic mass is 16.6. The molecule has 1 saturated heterocycles. The van der Waals surface area contributed by atoms with Crippen LogP contribution in [-0.4, -0.2) is 61.8 Å². The van der Waals surface area contributed by atoms with Gasteiger partial charge in [-0.3, -0.25) is 10.1 Å². The van der Waals surface area contributed by atoms with E-state index >= 15 is 0 Å². The van der Waals surface area contributed by atoms with Gasteiger partial charge in [-0.05, 0) is 18.2 Å². The van der Waals surface area contributed by atoms with Crippen molar-refractivity contribution < 1.29 is 44.1 Å². The lowest BCUT2D eigenvalue weighted by Gasteiger charge is -2.01. The van der Waals surface area contributed by atoms with Crippen molar-refractivity contribution in [3.8, 4) is 17.2 Å². The van der Waals surface area contributed by atoms with Crippen LogP contribution in [-0.2, 0) is 4.74 Å². The van der Waals surface area contributed by atoms with Gasteiger partial charge in [-0.1, -0.05) is 0 Å². The molecule has 1 amide bonds. The molecule has 28 heavy (non-hydrogen) atoms. The molecule has 2 heterocycles. The number of carboxylic acids is 1. The Morgan fingerprint density at radius 1 is 1.25 bits per heavy atom. The molecular formula is C15H13N3O10. The number of hydrogen-bond donors (Lipinski definition) is 4. The molecule has 1 fully saturated rings. The molecule has 1 aromatic carbocycles. The first kappa shape index (κ1) is 20.0. The Bertz CT molecular complexity index is 913. The van der Waals surface area contributed by atoms with Crippen LogP contribution in [0.4, 0.5) is 10.7 Å². The Kier molecular flexibility index (Phi) is 6.00. The number of aromatic carboxylic acids is 1. The lowest BCUT2D eigenvalue weighted by atomic mass is 10.2. The third-order valence-corrected chi connectivity index (χ3v) is 3.17. The SMILES string of the molecule is O=C(O)c1cc(O)c(O)c(O)c1.O=C1OCCN1N=Cc1ccc([N+](=O)[O-])o1. The van der Waals surface area contributed by atoms with Gasteiger partial charge in [-0.15, -0.1) is 0 Å². The maximum absolute atomic E-state index is 11.0. The number of rotatable bonds is 4. The zero-order valence-corrected chi connectivity index (χ0v) is 13.9. The smallest absolute Gasteiger partial charge is 0.433 e. The number of hydrogen-bond acceptors (Lipinski definition) is 10. The number of cyclic esters (lactones) is 1. The summed E-state index contributed by atoms with van der Waals surface area (Å²) in [5.74, 6) is -3.50. The molecular weight excluding hydrogens is 382 g/mol. The van der Waals surface area contributed by atoms with Gasteiger partial charge in [0.2, 0.25) is 0 Å². The van der Waals surface area contributed by atoms with E-state index in [2.05, 4.69) is 9.84 Å². The monoisotopic (exact) mass is 395 g/mol. The Morgan fingerprint density at radius 2 is 1.89 bits per heavy atom. The van der Waals surface area contributed by atoms with Crippen LogP contribution in [0.1, 0.15) is 16.1 Å². The number of carboxylic acid groups (broad SMARTS) is 1. The van der Waals surface area contributed by atoms with Crippen molar-refractivity contribution in [3.05, 3.63) is 45.7 Å². The number of nitro groups is 1. The van der Waals surface area contributed by atoms with Crippen molar-refractivity contribution in [2.75, 3.05) is 13.2 Å². The molecule has 0 bridgehead atoms. The van der Waals surface area contributed by atoms with Crippen LogP contribution in [0, 0.1) is 10.1 Å². The molecule has 13 nitrogen and oxygen atoms in total. The fraction of sp³-hybridized carbons (Fsp3) is 0.133. The predicted octanol–water partition coefficient (Wildman–Crippen LogP) is 1.48. The van der Waals surface area contributed by atoms with Crippen LogP contribution in [0.3, 0.4) is 0 Å². The summed E-state index contributed by atoms with van der Waals surface area (Å²) in [7, 11) is 0. The van der Waals surface area contributed by atoms with E-state index in [1.54, 1.807) is 0 Å². The third kappa shape index (κ3) is 4.87. The predicted molar refractivity (Wildman–Crippen MR) is 89.4 cm³/mol. The van der Waals surface area contributed by atoms with E-state index in [1.807, 2.05) is 0 Å². The van der Waals surface area contributed by atoms with Crippen molar-refractivity contribution in [1.82, 2.24) is 5.01 Å². The summed E-state index contributed by atoms with van der Waals surface area (Å²) in [5, 5.41) is 50.1. The number of amides is 1. The number of ether oxygens (including phenoxy) is 1. The molecule has 0 atom stereocenters. The topological polar surface area (TPSA) is 196 Å². The second kappa shape index (κ2) is 8.39. The van der Waals surface area contributed by atoms with E-state index in [0.717, 1.165) is 17.1 Å². The molecule has 0 saturated carbocycles. The quantitative estimate of drug-likeness (QED) is 0.254. The van der Waals surface area contributed by atoms with Crippen molar-refractivity contribution in [1.29, 1.82) is 0 Å². The van der Waals surface area contributed by atoms with Crippen molar-refractivity contribution in [2.45, 2.75) is 0 Å². The summed E-state index contributed by atoms with van der Waals surface area (Å²) < 4.78 is 9.44. The van der Waals surface area contributed by atoms with Crippen molar-refractivity contribution in [3.63, 3.8) is 0 Å². The van der Waals surface area contributed by atoms with E-state index in [9.17, 15) is 19.7 Å². The fourth-order valence-corrected chi connectivity index (χ4v) is 1.85. The van der Waals surface area contributed by atoms with Gasteiger partial charge in [0.1, 0.15) is 11.5 Å². The number of furan rings is 1. The van der Waals surface area contributed by atoms with E-state index in [4.69, 9.17) is 24.8 Å². The van der Waals surface area contributed by atoms with Gasteiger partial charge in [0, 0.05) is 0 Å². The average Bonchev–Trinajstić information content (AvgIpc) is 3.27. The van der Waals surface area contributed by atoms with Crippen LogP contribution >= 0.6 is 0 Å².